The van der Waals surface area contributed by atoms with Gasteiger partial charge in [0.2, 0.25) is 0 Å². The standard InChI is InChI=1S/C63H43N3.C7H8.C7H10/c1-63(2)55-22-12-9-19-47(55)48-30-29-46(39-56(48)63)66-61-33-27-42(40-25-31-59-51(35-40)49-20-10-13-23-57(49)64(59)44-15-5-3-6-16-44)37-53(61)54-38-43(28-34-62(54)66)41-26-32-60-52(36-41)50-21-11-14-24-58(50)65(60)45-17-7-4-8-18-45;1-7-5-3-2-4-6-7;1-3-5-7-6-4-2/h3-39H,1-2H3;2-6H,1H3;3-7H,1H2,2H3/b;;6-4-,7-5-. The second-order valence-electron chi connectivity index (χ2n) is 21.3. The Labute approximate surface area is 468 Å². The van der Waals surface area contributed by atoms with E-state index in [1.807, 2.05) is 49.4 Å². The summed E-state index contributed by atoms with van der Waals surface area (Å²) in [4.78, 5) is 0. The van der Waals surface area contributed by atoms with Crippen molar-refractivity contribution in [2.75, 3.05) is 0 Å². The molecule has 3 heterocycles. The summed E-state index contributed by atoms with van der Waals surface area (Å²) in [6, 6.07) is 93.5. The van der Waals surface area contributed by atoms with E-state index in [0.717, 1.165) is 0 Å². The fourth-order valence-corrected chi connectivity index (χ4v) is 12.3. The molecule has 0 aliphatic heterocycles. The van der Waals surface area contributed by atoms with Crippen LogP contribution in [0.1, 0.15) is 37.5 Å². The topological polar surface area (TPSA) is 14.8 Å². The quantitative estimate of drug-likeness (QED) is 0.141. The van der Waals surface area contributed by atoms with E-state index in [0.29, 0.717) is 0 Å². The molecule has 80 heavy (non-hydrogen) atoms. The van der Waals surface area contributed by atoms with Gasteiger partial charge in [0.05, 0.1) is 33.1 Å². The van der Waals surface area contributed by atoms with Gasteiger partial charge in [-0.15, -0.1) is 0 Å². The van der Waals surface area contributed by atoms with Gasteiger partial charge >= 0.3 is 0 Å². The summed E-state index contributed by atoms with van der Waals surface area (Å²) in [5, 5.41) is 7.49. The first-order valence-corrected chi connectivity index (χ1v) is 27.7. The lowest BCUT2D eigenvalue weighted by atomic mass is 9.82. The van der Waals surface area contributed by atoms with Crippen molar-refractivity contribution >= 4 is 65.4 Å². The van der Waals surface area contributed by atoms with Crippen molar-refractivity contribution in [3.63, 3.8) is 0 Å². The third-order valence-electron chi connectivity index (χ3n) is 16.1. The van der Waals surface area contributed by atoms with Crippen LogP contribution < -0.4 is 0 Å². The molecule has 0 radical (unpaired) electrons. The number of para-hydroxylation sites is 4. The van der Waals surface area contributed by atoms with Crippen LogP contribution in [0.2, 0.25) is 0 Å². The molecule has 0 fully saturated rings. The zero-order valence-electron chi connectivity index (χ0n) is 45.7. The molecule has 15 rings (SSSR count). The number of benzene rings is 11. The minimum Gasteiger partial charge on any atom is -0.309 e. The molecular formula is C77H61N3. The Morgan fingerprint density at radius 1 is 0.325 bits per heavy atom. The average molecular weight is 1030 g/mol. The molecule has 3 heteroatoms. The monoisotopic (exact) mass is 1030 g/mol. The Morgan fingerprint density at radius 2 is 0.713 bits per heavy atom. The minimum absolute atomic E-state index is 0.106. The van der Waals surface area contributed by atoms with E-state index < -0.39 is 0 Å². The van der Waals surface area contributed by atoms with Crippen LogP contribution in [0.15, 0.2) is 292 Å². The van der Waals surface area contributed by atoms with Crippen molar-refractivity contribution in [3.05, 3.63) is 308 Å². The number of fused-ring (bicyclic) bond motifs is 12. The van der Waals surface area contributed by atoms with Crippen molar-refractivity contribution < 1.29 is 0 Å². The van der Waals surface area contributed by atoms with E-state index in [2.05, 4.69) is 278 Å². The summed E-state index contributed by atoms with van der Waals surface area (Å²) in [6.07, 6.45) is 9.51. The van der Waals surface area contributed by atoms with Crippen LogP contribution in [-0.4, -0.2) is 13.7 Å². The van der Waals surface area contributed by atoms with Crippen LogP contribution in [0.5, 0.6) is 0 Å². The zero-order valence-corrected chi connectivity index (χ0v) is 45.7. The van der Waals surface area contributed by atoms with Crippen molar-refractivity contribution in [1.29, 1.82) is 0 Å². The molecule has 3 aromatic heterocycles. The van der Waals surface area contributed by atoms with Gasteiger partial charge in [0.25, 0.3) is 0 Å². The van der Waals surface area contributed by atoms with E-state index in [4.69, 9.17) is 0 Å². The first-order valence-electron chi connectivity index (χ1n) is 27.7. The first kappa shape index (κ1) is 49.6. The van der Waals surface area contributed by atoms with Gasteiger partial charge in [-0.25, -0.2) is 0 Å². The van der Waals surface area contributed by atoms with Crippen molar-refractivity contribution in [3.8, 4) is 50.4 Å². The van der Waals surface area contributed by atoms with Crippen LogP contribution in [0.3, 0.4) is 0 Å². The molecule has 384 valence electrons. The molecule has 0 saturated carbocycles. The molecule has 1 aliphatic carbocycles. The van der Waals surface area contributed by atoms with E-state index in [-0.39, 0.29) is 5.41 Å². The minimum atomic E-state index is -0.106. The highest BCUT2D eigenvalue weighted by molar-refractivity contribution is 6.14. The number of aromatic nitrogens is 3. The number of aryl methyl sites for hydroxylation is 1. The molecule has 3 nitrogen and oxygen atoms in total. The molecule has 0 saturated heterocycles. The third kappa shape index (κ3) is 8.65. The fraction of sp³-hybridized carbons (Fsp3) is 0.0649. The van der Waals surface area contributed by atoms with Gasteiger partial charge in [0.15, 0.2) is 0 Å². The molecule has 0 atom stereocenters. The van der Waals surface area contributed by atoms with Crippen LogP contribution in [-0.2, 0) is 5.41 Å². The van der Waals surface area contributed by atoms with Crippen molar-refractivity contribution in [1.82, 2.24) is 13.7 Å². The molecule has 14 aromatic rings. The lowest BCUT2D eigenvalue weighted by Gasteiger charge is -2.22. The predicted octanol–water partition coefficient (Wildman–Crippen LogP) is 20.9. The normalized spacial score (nSPS) is 12.6. The third-order valence-corrected chi connectivity index (χ3v) is 16.1. The van der Waals surface area contributed by atoms with Gasteiger partial charge in [-0.05, 0) is 155 Å². The van der Waals surface area contributed by atoms with Crippen LogP contribution >= 0.6 is 0 Å². The summed E-state index contributed by atoms with van der Waals surface area (Å²) in [5.41, 5.74) is 22.2. The van der Waals surface area contributed by atoms with Crippen LogP contribution in [0.25, 0.3) is 116 Å². The van der Waals surface area contributed by atoms with Gasteiger partial charge in [-0.2, -0.15) is 0 Å². The largest absolute Gasteiger partial charge is 0.309 e. The predicted molar refractivity (Wildman–Crippen MR) is 343 cm³/mol. The molecule has 1 aliphatic rings. The molecule has 0 amide bonds. The summed E-state index contributed by atoms with van der Waals surface area (Å²) >= 11 is 0. The highest BCUT2D eigenvalue weighted by Gasteiger charge is 2.35. The number of rotatable bonds is 7. The lowest BCUT2D eigenvalue weighted by molar-refractivity contribution is 0.660. The van der Waals surface area contributed by atoms with E-state index in [1.54, 1.807) is 6.08 Å². The van der Waals surface area contributed by atoms with Gasteiger partial charge in [0.1, 0.15) is 0 Å². The molecular weight excluding hydrogens is 967 g/mol. The smallest absolute Gasteiger partial charge is 0.0541 e. The summed E-state index contributed by atoms with van der Waals surface area (Å²) in [7, 11) is 0. The molecule has 0 N–H and O–H groups in total. The Kier molecular flexibility index (Phi) is 12.9. The second-order valence-corrected chi connectivity index (χ2v) is 21.3. The van der Waals surface area contributed by atoms with E-state index >= 15 is 0 Å². The lowest BCUT2D eigenvalue weighted by Crippen LogP contribution is -2.15. The number of hydrogen-bond acceptors (Lipinski definition) is 0. The SMILES string of the molecule is C=C/C=C\C=C/C.CC1(C)c2ccccc2-c2ccc(-n3c4ccc(-c5ccc6c(c5)c5ccccc5n6-c5ccccc5)cc4c4cc(-c5ccc6c(c5)c5ccccc5n6-c5ccccc5)ccc43)cc21.Cc1ccccc1. The molecule has 0 bridgehead atoms. The van der Waals surface area contributed by atoms with E-state index in [1.165, 1.54) is 133 Å². The van der Waals surface area contributed by atoms with Crippen molar-refractivity contribution in [2.45, 2.75) is 33.1 Å². The Hall–Kier alpha value is -9.96. The van der Waals surface area contributed by atoms with Crippen LogP contribution in [0.4, 0.5) is 0 Å². The highest BCUT2D eigenvalue weighted by atomic mass is 15.0. The first-order chi connectivity index (χ1) is 39.3. The van der Waals surface area contributed by atoms with Gasteiger partial charge in [-0.1, -0.05) is 214 Å². The average Bonchev–Trinajstić information content (AvgIpc) is 4.30. The van der Waals surface area contributed by atoms with Gasteiger partial charge in [0, 0.05) is 54.8 Å². The van der Waals surface area contributed by atoms with Crippen LogP contribution in [0, 0.1) is 6.92 Å². The maximum absolute atomic E-state index is 3.51. The summed E-state index contributed by atoms with van der Waals surface area (Å²) in [6.45, 7) is 12.3. The number of allylic oxidation sites excluding steroid dienone is 5. The number of hydrogen-bond donors (Lipinski definition) is 0. The molecule has 11 aromatic carbocycles. The van der Waals surface area contributed by atoms with Gasteiger partial charge < -0.3 is 13.7 Å². The van der Waals surface area contributed by atoms with Crippen molar-refractivity contribution in [2.24, 2.45) is 0 Å². The summed E-state index contributed by atoms with van der Waals surface area (Å²) < 4.78 is 7.27. The maximum Gasteiger partial charge on any atom is 0.0541 e. The van der Waals surface area contributed by atoms with Gasteiger partial charge in [-0.3, -0.25) is 0 Å². The summed E-state index contributed by atoms with van der Waals surface area (Å²) in [5.74, 6) is 0. The zero-order chi connectivity index (χ0) is 54.3. The Bertz CT molecular complexity index is 4480. The molecule has 0 unspecified atom stereocenters. The Balaban J connectivity index is 0.000000383. The Morgan fingerprint density at radius 3 is 1.16 bits per heavy atom. The van der Waals surface area contributed by atoms with E-state index in [9.17, 15) is 0 Å². The second kappa shape index (κ2) is 20.8. The molecule has 0 spiro atoms. The highest BCUT2D eigenvalue weighted by Crippen LogP contribution is 2.50. The number of nitrogens with zero attached hydrogens (tertiary/aromatic N) is 3. The fourth-order valence-electron chi connectivity index (χ4n) is 12.3. The maximum atomic E-state index is 3.51.